The first-order valence-corrected chi connectivity index (χ1v) is 8.37. The second-order valence-electron chi connectivity index (χ2n) is 6.08. The molecule has 0 saturated heterocycles. The number of amides is 2. The molecule has 0 fully saturated rings. The van der Waals surface area contributed by atoms with Gasteiger partial charge in [0.2, 0.25) is 11.8 Å². The van der Waals surface area contributed by atoms with Gasteiger partial charge in [0.1, 0.15) is 6.04 Å². The molecule has 0 bridgehead atoms. The van der Waals surface area contributed by atoms with Crippen molar-refractivity contribution in [2.75, 3.05) is 7.05 Å². The molecule has 142 valence electrons. The molecule has 2 amide bonds. The Morgan fingerprint density at radius 3 is 2.22 bits per heavy atom. The lowest BCUT2D eigenvalue weighted by Gasteiger charge is -2.18. The molecule has 0 heterocycles. The zero-order valence-electron chi connectivity index (χ0n) is 15.0. The van der Waals surface area contributed by atoms with Gasteiger partial charge >= 0.3 is 0 Å². The second-order valence-corrected chi connectivity index (χ2v) is 6.08. The molecule has 0 saturated carbocycles. The summed E-state index contributed by atoms with van der Waals surface area (Å²) >= 11 is 0. The fourth-order valence-electron chi connectivity index (χ4n) is 2.48. The van der Waals surface area contributed by atoms with Gasteiger partial charge in [-0.05, 0) is 24.6 Å². The molecule has 1 unspecified atom stereocenters. The van der Waals surface area contributed by atoms with E-state index in [1.165, 1.54) is 13.1 Å². The van der Waals surface area contributed by atoms with Crippen LogP contribution in [0, 0.1) is 18.6 Å². The molecule has 0 aromatic heterocycles. The van der Waals surface area contributed by atoms with Crippen molar-refractivity contribution in [3.05, 3.63) is 70.8 Å². The highest BCUT2D eigenvalue weighted by Gasteiger charge is 2.23. The molecule has 0 spiro atoms. The van der Waals surface area contributed by atoms with E-state index in [1.807, 2.05) is 6.92 Å². The van der Waals surface area contributed by atoms with Gasteiger partial charge < -0.3 is 10.6 Å². The highest BCUT2D eigenvalue weighted by atomic mass is 19.2. The van der Waals surface area contributed by atoms with E-state index in [-0.39, 0.29) is 24.2 Å². The number of carbonyl (C=O) groups is 3. The molecule has 5 nitrogen and oxygen atoms in total. The minimum atomic E-state index is -1.19. The molecule has 27 heavy (non-hydrogen) atoms. The van der Waals surface area contributed by atoms with E-state index < -0.39 is 29.5 Å². The minimum absolute atomic E-state index is 0.0346. The average molecular weight is 374 g/mol. The summed E-state index contributed by atoms with van der Waals surface area (Å²) in [6.07, 6.45) is -0.170. The van der Waals surface area contributed by atoms with Crippen molar-refractivity contribution in [3.63, 3.8) is 0 Å². The van der Waals surface area contributed by atoms with Crippen LogP contribution >= 0.6 is 0 Å². The lowest BCUT2D eigenvalue weighted by atomic mass is 10.0. The van der Waals surface area contributed by atoms with Crippen molar-refractivity contribution in [1.82, 2.24) is 10.6 Å². The van der Waals surface area contributed by atoms with Crippen LogP contribution in [0.2, 0.25) is 0 Å². The first kappa shape index (κ1) is 20.2. The van der Waals surface area contributed by atoms with Crippen LogP contribution in [-0.2, 0) is 9.59 Å². The predicted octanol–water partition coefficient (Wildman–Crippen LogP) is 2.84. The maximum absolute atomic E-state index is 13.5. The van der Waals surface area contributed by atoms with Gasteiger partial charge in [0.05, 0.1) is 0 Å². The van der Waals surface area contributed by atoms with Gasteiger partial charge in [-0.3, -0.25) is 14.4 Å². The Morgan fingerprint density at radius 1 is 0.963 bits per heavy atom. The standard InChI is InChI=1S/C20H20F2N2O3/c1-12-3-5-13(6-4-12)17(25)9-10-18(26)24-19(20(27)23-2)14-7-8-15(21)16(22)11-14/h3-8,11,19H,9-10H2,1-2H3,(H,23,27)(H,24,26). The number of Topliss-reactive ketones (excluding diaryl/α,β-unsaturated/α-hetero) is 1. The van der Waals surface area contributed by atoms with Crippen LogP contribution in [0.15, 0.2) is 42.5 Å². The van der Waals surface area contributed by atoms with Gasteiger partial charge in [0.25, 0.3) is 0 Å². The quantitative estimate of drug-likeness (QED) is 0.732. The number of halogens is 2. The molecule has 2 aromatic carbocycles. The van der Waals surface area contributed by atoms with Crippen LogP contribution in [0.25, 0.3) is 0 Å². The van der Waals surface area contributed by atoms with Gasteiger partial charge in [-0.1, -0.05) is 35.9 Å². The maximum Gasteiger partial charge on any atom is 0.246 e. The number of likely N-dealkylation sites (N-methyl/N-ethyl adjacent to an activating group) is 1. The highest BCUT2D eigenvalue weighted by molar-refractivity contribution is 5.98. The largest absolute Gasteiger partial charge is 0.357 e. The summed E-state index contributed by atoms with van der Waals surface area (Å²) in [4.78, 5) is 36.3. The Balaban J connectivity index is 2.03. The van der Waals surface area contributed by atoms with E-state index >= 15 is 0 Å². The summed E-state index contributed by atoms with van der Waals surface area (Å²) in [5.74, 6) is -3.50. The molecule has 0 aliphatic heterocycles. The summed E-state index contributed by atoms with van der Waals surface area (Å²) in [5, 5.41) is 4.82. The summed E-state index contributed by atoms with van der Waals surface area (Å²) in [5.41, 5.74) is 1.62. The maximum atomic E-state index is 13.5. The minimum Gasteiger partial charge on any atom is -0.357 e. The van der Waals surface area contributed by atoms with Crippen LogP contribution in [0.4, 0.5) is 8.78 Å². The zero-order valence-corrected chi connectivity index (χ0v) is 15.0. The second kappa shape index (κ2) is 9.02. The fourth-order valence-corrected chi connectivity index (χ4v) is 2.48. The Kier molecular flexibility index (Phi) is 6.76. The van der Waals surface area contributed by atoms with Crippen LogP contribution in [0.5, 0.6) is 0 Å². The van der Waals surface area contributed by atoms with Crippen molar-refractivity contribution in [3.8, 4) is 0 Å². The van der Waals surface area contributed by atoms with E-state index in [0.717, 1.165) is 17.7 Å². The third-order valence-electron chi connectivity index (χ3n) is 4.04. The number of aryl methyl sites for hydroxylation is 1. The number of benzene rings is 2. The highest BCUT2D eigenvalue weighted by Crippen LogP contribution is 2.17. The SMILES string of the molecule is CNC(=O)C(NC(=O)CCC(=O)c1ccc(C)cc1)c1ccc(F)c(F)c1. The molecular formula is C20H20F2N2O3. The van der Waals surface area contributed by atoms with Crippen molar-refractivity contribution in [2.24, 2.45) is 0 Å². The molecule has 2 rings (SSSR count). The normalized spacial score (nSPS) is 11.6. The van der Waals surface area contributed by atoms with Crippen LogP contribution < -0.4 is 10.6 Å². The molecule has 2 N–H and O–H groups in total. The van der Waals surface area contributed by atoms with Crippen molar-refractivity contribution >= 4 is 17.6 Å². The number of hydrogen-bond acceptors (Lipinski definition) is 3. The van der Waals surface area contributed by atoms with E-state index in [1.54, 1.807) is 24.3 Å². The molecule has 0 aliphatic carbocycles. The Labute approximate surface area is 155 Å². The lowest BCUT2D eigenvalue weighted by molar-refractivity contribution is -0.128. The van der Waals surface area contributed by atoms with Gasteiger partial charge in [0.15, 0.2) is 17.4 Å². The Bertz CT molecular complexity index is 851. The Morgan fingerprint density at radius 2 is 1.63 bits per heavy atom. The van der Waals surface area contributed by atoms with Gasteiger partial charge in [-0.2, -0.15) is 0 Å². The summed E-state index contributed by atoms with van der Waals surface area (Å²) in [7, 11) is 1.36. The molecule has 1 atom stereocenters. The van der Waals surface area contributed by atoms with Crippen molar-refractivity contribution in [2.45, 2.75) is 25.8 Å². The Hall–Kier alpha value is -3.09. The van der Waals surface area contributed by atoms with E-state index in [2.05, 4.69) is 10.6 Å². The monoisotopic (exact) mass is 374 g/mol. The molecule has 7 heteroatoms. The van der Waals surface area contributed by atoms with Crippen LogP contribution in [-0.4, -0.2) is 24.6 Å². The summed E-state index contributed by atoms with van der Waals surface area (Å²) < 4.78 is 26.6. The van der Waals surface area contributed by atoms with Crippen LogP contribution in [0.3, 0.4) is 0 Å². The van der Waals surface area contributed by atoms with Gasteiger partial charge in [0, 0.05) is 25.5 Å². The van der Waals surface area contributed by atoms with E-state index in [0.29, 0.717) is 5.56 Å². The number of carbonyl (C=O) groups excluding carboxylic acids is 3. The lowest BCUT2D eigenvalue weighted by Crippen LogP contribution is -2.39. The summed E-state index contributed by atoms with van der Waals surface area (Å²) in [6.45, 7) is 1.90. The van der Waals surface area contributed by atoms with Crippen LogP contribution in [0.1, 0.15) is 40.4 Å². The topological polar surface area (TPSA) is 75.3 Å². The molecule has 2 aromatic rings. The van der Waals surface area contributed by atoms with Gasteiger partial charge in [-0.15, -0.1) is 0 Å². The fraction of sp³-hybridized carbons (Fsp3) is 0.250. The molecular weight excluding hydrogens is 354 g/mol. The third-order valence-corrected chi connectivity index (χ3v) is 4.04. The number of rotatable bonds is 7. The average Bonchev–Trinajstić information content (AvgIpc) is 2.66. The first-order chi connectivity index (χ1) is 12.8. The molecule has 0 radical (unpaired) electrons. The van der Waals surface area contributed by atoms with E-state index in [9.17, 15) is 23.2 Å². The smallest absolute Gasteiger partial charge is 0.246 e. The first-order valence-electron chi connectivity index (χ1n) is 8.37. The predicted molar refractivity (Wildman–Crippen MR) is 96.1 cm³/mol. The number of ketones is 1. The van der Waals surface area contributed by atoms with E-state index in [4.69, 9.17) is 0 Å². The summed E-state index contributed by atoms with van der Waals surface area (Å²) in [6, 6.07) is 8.74. The zero-order chi connectivity index (χ0) is 20.0. The van der Waals surface area contributed by atoms with Crippen molar-refractivity contribution < 1.29 is 23.2 Å². The van der Waals surface area contributed by atoms with Gasteiger partial charge in [-0.25, -0.2) is 8.78 Å². The van der Waals surface area contributed by atoms with Crippen molar-refractivity contribution in [1.29, 1.82) is 0 Å². The number of nitrogens with one attached hydrogen (secondary N) is 2. The third kappa shape index (κ3) is 5.44. The molecule has 0 aliphatic rings. The number of hydrogen-bond donors (Lipinski definition) is 2.